The van der Waals surface area contributed by atoms with Crippen molar-refractivity contribution in [2.24, 2.45) is 5.92 Å². The average molecular weight is 554 g/mol. The second kappa shape index (κ2) is 10.6. The molecule has 0 radical (unpaired) electrons. The molecule has 2 aliphatic heterocycles. The van der Waals surface area contributed by atoms with Gasteiger partial charge in [0.15, 0.2) is 0 Å². The number of fused-ring (bicyclic) bond motifs is 1. The lowest BCUT2D eigenvalue weighted by atomic mass is 9.93. The Morgan fingerprint density at radius 2 is 1.78 bits per heavy atom. The van der Waals surface area contributed by atoms with Crippen LogP contribution in [-0.2, 0) is 23.6 Å². The van der Waals surface area contributed by atoms with Gasteiger partial charge in [-0.05, 0) is 36.2 Å². The van der Waals surface area contributed by atoms with Crippen LogP contribution in [0.15, 0.2) is 79.0 Å². The smallest absolute Gasteiger partial charge is 0.298 e. The van der Waals surface area contributed by atoms with E-state index in [0.29, 0.717) is 43.3 Å². The van der Waals surface area contributed by atoms with E-state index in [0.717, 1.165) is 5.56 Å². The minimum Gasteiger partial charge on any atom is -0.381 e. The highest BCUT2D eigenvalue weighted by molar-refractivity contribution is 6.13. The third kappa shape index (κ3) is 4.96. The fraction of sp³-hybridized carbons (Fsp3) is 0.226. The van der Waals surface area contributed by atoms with Crippen LogP contribution < -0.4 is 10.2 Å². The Kier molecular flexibility index (Phi) is 6.81. The summed E-state index contributed by atoms with van der Waals surface area (Å²) in [6, 6.07) is 20.3. The number of ether oxygens (including phenoxy) is 1. The van der Waals surface area contributed by atoms with Crippen molar-refractivity contribution in [1.29, 1.82) is 5.26 Å². The molecule has 206 valence electrons. The number of alkyl halides is 2. The first kappa shape index (κ1) is 26.3. The van der Waals surface area contributed by atoms with E-state index in [1.807, 2.05) is 0 Å². The van der Waals surface area contributed by atoms with E-state index in [1.54, 1.807) is 36.4 Å². The van der Waals surface area contributed by atoms with Crippen LogP contribution in [0.2, 0.25) is 0 Å². The molecule has 4 aromatic rings. The summed E-state index contributed by atoms with van der Waals surface area (Å²) in [5.74, 6) is -3.71. The number of halogens is 2. The fourth-order valence-electron chi connectivity index (χ4n) is 5.11. The number of nitrogens with zero attached hydrogens (tertiary/aromatic N) is 4. The predicted octanol–water partition coefficient (Wildman–Crippen LogP) is 5.00. The molecule has 8 nitrogen and oxygen atoms in total. The summed E-state index contributed by atoms with van der Waals surface area (Å²) in [5, 5.41) is 16.6. The molecule has 3 heterocycles. The minimum absolute atomic E-state index is 0.115. The molecule has 2 aliphatic rings. The van der Waals surface area contributed by atoms with Crippen molar-refractivity contribution < 1.29 is 23.1 Å². The Hall–Kier alpha value is -4.88. The van der Waals surface area contributed by atoms with Crippen LogP contribution in [0.3, 0.4) is 0 Å². The molecule has 1 aromatic heterocycles. The Balaban J connectivity index is 1.19. The number of aromatic nitrogens is 2. The number of anilines is 2. The van der Waals surface area contributed by atoms with Crippen molar-refractivity contribution in [2.45, 2.75) is 18.9 Å². The van der Waals surface area contributed by atoms with Crippen molar-refractivity contribution in [3.63, 3.8) is 0 Å². The van der Waals surface area contributed by atoms with E-state index >= 15 is 0 Å². The van der Waals surface area contributed by atoms with Crippen molar-refractivity contribution in [1.82, 2.24) is 9.78 Å². The molecule has 1 N–H and O–H groups in total. The highest BCUT2D eigenvalue weighted by Crippen LogP contribution is 2.36. The molecule has 0 unspecified atom stereocenters. The van der Waals surface area contributed by atoms with Gasteiger partial charge in [0.05, 0.1) is 43.3 Å². The quantitative estimate of drug-likeness (QED) is 0.347. The lowest BCUT2D eigenvalue weighted by molar-refractivity contribution is -0.0312. The normalized spacial score (nSPS) is 15.1. The van der Waals surface area contributed by atoms with E-state index in [1.165, 1.54) is 52.2 Å². The number of nitriles is 1. The van der Waals surface area contributed by atoms with E-state index in [2.05, 4.69) is 16.5 Å². The first-order valence-corrected chi connectivity index (χ1v) is 13.2. The van der Waals surface area contributed by atoms with Gasteiger partial charge in [0.1, 0.15) is 5.69 Å². The molecule has 0 bridgehead atoms. The number of rotatable bonds is 7. The van der Waals surface area contributed by atoms with Gasteiger partial charge in [-0.3, -0.25) is 14.3 Å². The second-order valence-electron chi connectivity index (χ2n) is 10.1. The van der Waals surface area contributed by atoms with Gasteiger partial charge in [-0.15, -0.1) is 0 Å². The third-order valence-electron chi connectivity index (χ3n) is 7.46. The topological polar surface area (TPSA) is 100 Å². The van der Waals surface area contributed by atoms with Gasteiger partial charge in [0.25, 0.3) is 17.7 Å². The van der Waals surface area contributed by atoms with Gasteiger partial charge >= 0.3 is 0 Å². The highest BCUT2D eigenvalue weighted by atomic mass is 19.3. The largest absolute Gasteiger partial charge is 0.381 e. The van der Waals surface area contributed by atoms with E-state index in [4.69, 9.17) is 4.74 Å². The Morgan fingerprint density at radius 3 is 2.46 bits per heavy atom. The summed E-state index contributed by atoms with van der Waals surface area (Å²) in [7, 11) is 0. The van der Waals surface area contributed by atoms with Crippen LogP contribution in [0.25, 0.3) is 0 Å². The zero-order valence-electron chi connectivity index (χ0n) is 21.9. The minimum atomic E-state index is -3.18. The van der Waals surface area contributed by atoms with Crippen molar-refractivity contribution in [3.8, 4) is 6.07 Å². The number of hydrogen-bond donors (Lipinski definition) is 1. The number of amides is 2. The number of benzene rings is 3. The van der Waals surface area contributed by atoms with Gasteiger partial charge in [-0.25, -0.2) is 0 Å². The average Bonchev–Trinajstić information content (AvgIpc) is 3.39. The molecule has 0 aliphatic carbocycles. The lowest BCUT2D eigenvalue weighted by Gasteiger charge is -2.28. The van der Waals surface area contributed by atoms with E-state index in [9.17, 15) is 23.6 Å². The molecule has 41 heavy (non-hydrogen) atoms. The van der Waals surface area contributed by atoms with Crippen LogP contribution in [0.1, 0.15) is 43.1 Å². The number of carbonyl (C=O) groups is 2. The van der Waals surface area contributed by atoms with Crippen LogP contribution in [0, 0.1) is 17.2 Å². The Morgan fingerprint density at radius 1 is 1.05 bits per heavy atom. The van der Waals surface area contributed by atoms with E-state index in [-0.39, 0.29) is 34.6 Å². The maximum Gasteiger partial charge on any atom is 0.298 e. The lowest BCUT2D eigenvalue weighted by Crippen LogP contribution is -2.41. The zero-order valence-corrected chi connectivity index (χ0v) is 21.9. The summed E-state index contributed by atoms with van der Waals surface area (Å²) in [6.07, 6.45) is 2.12. The summed E-state index contributed by atoms with van der Waals surface area (Å²) in [4.78, 5) is 28.1. The Bertz CT molecular complexity index is 1660. The molecular weight excluding hydrogens is 528 g/mol. The first-order valence-electron chi connectivity index (χ1n) is 13.2. The van der Waals surface area contributed by atoms with Crippen LogP contribution in [-0.4, -0.2) is 41.4 Å². The summed E-state index contributed by atoms with van der Waals surface area (Å²) in [5.41, 5.74) is 2.14. The fourth-order valence-corrected chi connectivity index (χ4v) is 5.11. The maximum atomic E-state index is 15.0. The first-order chi connectivity index (χ1) is 19.8. The molecule has 3 aromatic carbocycles. The molecule has 1 saturated heterocycles. The van der Waals surface area contributed by atoms with Crippen LogP contribution >= 0.6 is 0 Å². The van der Waals surface area contributed by atoms with Gasteiger partial charge < -0.3 is 15.0 Å². The zero-order chi connectivity index (χ0) is 28.6. The Labute approximate surface area is 234 Å². The summed E-state index contributed by atoms with van der Waals surface area (Å²) < 4.78 is 36.7. The maximum absolute atomic E-state index is 15.0. The van der Waals surface area contributed by atoms with Crippen molar-refractivity contribution in [2.75, 3.05) is 30.0 Å². The van der Waals surface area contributed by atoms with Crippen LogP contribution in [0.5, 0.6) is 0 Å². The van der Waals surface area contributed by atoms with Crippen molar-refractivity contribution in [3.05, 3.63) is 113 Å². The molecular formula is C31H25F2N5O3. The molecule has 0 atom stereocenters. The molecule has 1 fully saturated rings. The SMILES string of the molecule is N#Cc1cc(C(=O)Nc2cnn3c2C(=O)N(c2ccc(C(F)(F)c4ccccc4)cc2)CC3)ccc1CC1COC1. The number of hydrogen-bond acceptors (Lipinski definition) is 5. The summed E-state index contributed by atoms with van der Waals surface area (Å²) in [6.45, 7) is 1.97. The molecule has 10 heteroatoms. The molecule has 0 spiro atoms. The molecule has 2 amide bonds. The van der Waals surface area contributed by atoms with Gasteiger partial charge in [0, 0.05) is 34.8 Å². The number of carbonyl (C=O) groups excluding carboxylic acids is 2. The molecule has 6 rings (SSSR count). The standard InChI is InChI=1S/C31H25F2N5O3/c32-31(33,24-4-2-1-3-5-24)25-8-10-26(11-9-25)37-12-13-38-28(30(37)40)27(17-35-38)36-29(39)22-7-6-21(23(15-22)16-34)14-20-18-41-19-20/h1-11,15,17,20H,12-14,18-19H2,(H,36,39). The van der Waals surface area contributed by atoms with Crippen molar-refractivity contribution >= 4 is 23.2 Å². The highest BCUT2D eigenvalue weighted by Gasteiger charge is 2.35. The van der Waals surface area contributed by atoms with Crippen LogP contribution in [0.4, 0.5) is 20.2 Å². The van der Waals surface area contributed by atoms with E-state index < -0.39 is 17.7 Å². The van der Waals surface area contributed by atoms with Gasteiger partial charge in [0.2, 0.25) is 0 Å². The second-order valence-corrected chi connectivity index (χ2v) is 10.1. The summed E-state index contributed by atoms with van der Waals surface area (Å²) >= 11 is 0. The predicted molar refractivity (Wildman–Crippen MR) is 147 cm³/mol. The van der Waals surface area contributed by atoms with Gasteiger partial charge in [-0.1, -0.05) is 48.5 Å². The van der Waals surface area contributed by atoms with Gasteiger partial charge in [-0.2, -0.15) is 19.1 Å². The monoisotopic (exact) mass is 553 g/mol. The molecule has 0 saturated carbocycles. The number of nitrogens with one attached hydrogen (secondary N) is 1. The third-order valence-corrected chi connectivity index (χ3v) is 7.46.